The molecule has 0 saturated carbocycles. The van der Waals surface area contributed by atoms with Crippen LogP contribution in [0.25, 0.3) is 32.7 Å². The van der Waals surface area contributed by atoms with Crippen LogP contribution in [0, 0.1) is 0 Å². The normalized spacial score (nSPS) is 11.0. The van der Waals surface area contributed by atoms with Crippen LogP contribution in [-0.2, 0) is 7.05 Å². The summed E-state index contributed by atoms with van der Waals surface area (Å²) in [6.07, 6.45) is 5.49. The highest BCUT2D eigenvalue weighted by atomic mass is 32.1. The van der Waals surface area contributed by atoms with Gasteiger partial charge in [-0.2, -0.15) is 5.10 Å². The third-order valence-corrected chi connectivity index (χ3v) is 4.66. The van der Waals surface area contributed by atoms with Gasteiger partial charge in [-0.25, -0.2) is 4.98 Å². The number of nitrogens with zero attached hydrogens (tertiary/aromatic N) is 4. The molecule has 4 heterocycles. The lowest BCUT2D eigenvalue weighted by atomic mass is 10.1. The minimum Gasteiger partial charge on any atom is -0.495 e. The van der Waals surface area contributed by atoms with Crippen LogP contribution in [-0.4, -0.2) is 26.9 Å². The SMILES string of the molecule is COc1cc(-c2ccn(C)n2)nc2c(-c3ccncc3)csc12. The largest absolute Gasteiger partial charge is 0.495 e. The molecule has 23 heavy (non-hydrogen) atoms. The Morgan fingerprint density at radius 3 is 2.65 bits per heavy atom. The molecule has 0 amide bonds. The van der Waals surface area contributed by atoms with E-state index < -0.39 is 0 Å². The lowest BCUT2D eigenvalue weighted by Gasteiger charge is -2.06. The van der Waals surface area contributed by atoms with Gasteiger partial charge in [0.2, 0.25) is 0 Å². The second-order valence-corrected chi connectivity index (χ2v) is 6.03. The van der Waals surface area contributed by atoms with Gasteiger partial charge in [-0.1, -0.05) is 0 Å². The topological polar surface area (TPSA) is 52.8 Å². The van der Waals surface area contributed by atoms with Gasteiger partial charge >= 0.3 is 0 Å². The van der Waals surface area contributed by atoms with E-state index in [2.05, 4.69) is 15.5 Å². The maximum atomic E-state index is 5.57. The molecule has 4 rings (SSSR count). The molecule has 0 aliphatic carbocycles. The van der Waals surface area contributed by atoms with Crippen LogP contribution in [0.4, 0.5) is 0 Å². The number of aromatic nitrogens is 4. The molecule has 0 bridgehead atoms. The van der Waals surface area contributed by atoms with Gasteiger partial charge in [-0.15, -0.1) is 11.3 Å². The standard InChI is InChI=1S/C17H14N4OS/c1-21-8-5-13(20-21)14-9-15(22-2)17-16(19-14)12(10-23-17)11-3-6-18-7-4-11/h3-10H,1-2H3. The minimum absolute atomic E-state index is 0.809. The van der Waals surface area contributed by atoms with Crippen LogP contribution in [0.1, 0.15) is 0 Å². The van der Waals surface area contributed by atoms with Gasteiger partial charge < -0.3 is 4.74 Å². The van der Waals surface area contributed by atoms with E-state index >= 15 is 0 Å². The van der Waals surface area contributed by atoms with E-state index in [1.165, 1.54) is 0 Å². The molecule has 0 fully saturated rings. The fourth-order valence-electron chi connectivity index (χ4n) is 2.55. The lowest BCUT2D eigenvalue weighted by Crippen LogP contribution is -1.92. The maximum absolute atomic E-state index is 5.57. The minimum atomic E-state index is 0.809. The predicted molar refractivity (Wildman–Crippen MR) is 91.6 cm³/mol. The molecule has 0 aliphatic rings. The van der Waals surface area contributed by atoms with Crippen molar-refractivity contribution in [2.24, 2.45) is 7.05 Å². The highest BCUT2D eigenvalue weighted by Crippen LogP contribution is 2.39. The Balaban J connectivity index is 1.97. The number of rotatable bonds is 3. The Kier molecular flexibility index (Phi) is 3.31. The number of thiophene rings is 1. The molecule has 4 aromatic rings. The number of aryl methyl sites for hydroxylation is 1. The van der Waals surface area contributed by atoms with Gasteiger partial charge in [0.05, 0.1) is 23.0 Å². The molecule has 0 atom stereocenters. The van der Waals surface area contributed by atoms with Crippen molar-refractivity contribution >= 4 is 21.6 Å². The van der Waals surface area contributed by atoms with E-state index in [4.69, 9.17) is 9.72 Å². The Hall–Kier alpha value is -2.73. The van der Waals surface area contributed by atoms with E-state index in [0.29, 0.717) is 0 Å². The monoisotopic (exact) mass is 322 g/mol. The first-order chi connectivity index (χ1) is 11.3. The van der Waals surface area contributed by atoms with Gasteiger partial charge in [0, 0.05) is 42.6 Å². The van der Waals surface area contributed by atoms with Crippen LogP contribution in [0.2, 0.25) is 0 Å². The van der Waals surface area contributed by atoms with Crippen molar-refractivity contribution in [3.63, 3.8) is 0 Å². The first-order valence-corrected chi connectivity index (χ1v) is 8.01. The molecule has 0 radical (unpaired) electrons. The Bertz CT molecular complexity index is 975. The van der Waals surface area contributed by atoms with E-state index in [1.807, 2.05) is 37.5 Å². The summed E-state index contributed by atoms with van der Waals surface area (Å²) in [5.74, 6) is 0.820. The van der Waals surface area contributed by atoms with Crippen molar-refractivity contribution in [1.29, 1.82) is 0 Å². The van der Waals surface area contributed by atoms with Crippen LogP contribution >= 0.6 is 11.3 Å². The zero-order valence-electron chi connectivity index (χ0n) is 12.7. The second-order valence-electron chi connectivity index (χ2n) is 5.15. The van der Waals surface area contributed by atoms with Gasteiger partial charge in [0.1, 0.15) is 11.4 Å². The average Bonchev–Trinajstić information content (AvgIpc) is 3.21. The van der Waals surface area contributed by atoms with Crippen LogP contribution in [0.15, 0.2) is 48.2 Å². The highest BCUT2D eigenvalue weighted by molar-refractivity contribution is 7.18. The zero-order valence-corrected chi connectivity index (χ0v) is 13.5. The van der Waals surface area contributed by atoms with Crippen molar-refractivity contribution in [2.45, 2.75) is 0 Å². The molecular weight excluding hydrogens is 308 g/mol. The van der Waals surface area contributed by atoms with Crippen molar-refractivity contribution in [1.82, 2.24) is 19.7 Å². The molecule has 0 aromatic carbocycles. The summed E-state index contributed by atoms with van der Waals surface area (Å²) in [5, 5.41) is 6.55. The molecule has 5 nitrogen and oxygen atoms in total. The molecule has 0 unspecified atom stereocenters. The second kappa shape index (κ2) is 5.48. The number of hydrogen-bond donors (Lipinski definition) is 0. The zero-order chi connectivity index (χ0) is 15.8. The lowest BCUT2D eigenvalue weighted by molar-refractivity contribution is 0.420. The van der Waals surface area contributed by atoms with Crippen molar-refractivity contribution in [2.75, 3.05) is 7.11 Å². The van der Waals surface area contributed by atoms with Crippen molar-refractivity contribution < 1.29 is 4.74 Å². The Morgan fingerprint density at radius 1 is 1.13 bits per heavy atom. The summed E-state index contributed by atoms with van der Waals surface area (Å²) < 4.78 is 8.38. The maximum Gasteiger partial charge on any atom is 0.140 e. The fourth-order valence-corrected chi connectivity index (χ4v) is 3.56. The molecule has 0 saturated heterocycles. The van der Waals surface area contributed by atoms with Gasteiger partial charge in [-0.05, 0) is 23.8 Å². The number of pyridine rings is 2. The van der Waals surface area contributed by atoms with Crippen LogP contribution in [0.3, 0.4) is 0 Å². The third-order valence-electron chi connectivity index (χ3n) is 3.68. The molecular formula is C17H14N4OS. The smallest absolute Gasteiger partial charge is 0.140 e. The van der Waals surface area contributed by atoms with Crippen molar-refractivity contribution in [3.05, 3.63) is 48.2 Å². The highest BCUT2D eigenvalue weighted by Gasteiger charge is 2.15. The molecule has 6 heteroatoms. The molecule has 0 spiro atoms. The third kappa shape index (κ3) is 2.37. The molecule has 4 aromatic heterocycles. The summed E-state index contributed by atoms with van der Waals surface area (Å²) in [5.41, 5.74) is 4.76. The molecule has 114 valence electrons. The average molecular weight is 322 g/mol. The van der Waals surface area contributed by atoms with Gasteiger partial charge in [-0.3, -0.25) is 9.67 Å². The predicted octanol–water partition coefficient (Wildman–Crippen LogP) is 3.77. The fraction of sp³-hybridized carbons (Fsp3) is 0.118. The first-order valence-electron chi connectivity index (χ1n) is 7.13. The summed E-state index contributed by atoms with van der Waals surface area (Å²) in [6.45, 7) is 0. The number of ether oxygens (including phenoxy) is 1. The molecule has 0 aliphatic heterocycles. The Morgan fingerprint density at radius 2 is 1.96 bits per heavy atom. The quantitative estimate of drug-likeness (QED) is 0.576. The van der Waals surface area contributed by atoms with E-state index in [9.17, 15) is 0 Å². The van der Waals surface area contributed by atoms with E-state index in [0.717, 1.165) is 38.5 Å². The van der Waals surface area contributed by atoms with E-state index in [-0.39, 0.29) is 0 Å². The Labute approximate surface area is 137 Å². The van der Waals surface area contributed by atoms with Crippen molar-refractivity contribution in [3.8, 4) is 28.3 Å². The van der Waals surface area contributed by atoms with Gasteiger partial charge in [0.25, 0.3) is 0 Å². The molecule has 0 N–H and O–H groups in total. The number of methoxy groups -OCH3 is 1. The summed E-state index contributed by atoms with van der Waals surface area (Å²) in [4.78, 5) is 8.92. The number of hydrogen-bond acceptors (Lipinski definition) is 5. The number of fused-ring (bicyclic) bond motifs is 1. The summed E-state index contributed by atoms with van der Waals surface area (Å²) >= 11 is 1.64. The van der Waals surface area contributed by atoms with Gasteiger partial charge in [0.15, 0.2) is 0 Å². The van der Waals surface area contributed by atoms with Crippen LogP contribution in [0.5, 0.6) is 5.75 Å². The summed E-state index contributed by atoms with van der Waals surface area (Å²) in [7, 11) is 3.58. The summed E-state index contributed by atoms with van der Waals surface area (Å²) in [6, 6.07) is 7.87. The van der Waals surface area contributed by atoms with E-state index in [1.54, 1.807) is 35.5 Å². The first kappa shape index (κ1) is 13.9. The van der Waals surface area contributed by atoms with Crippen LogP contribution < -0.4 is 4.74 Å².